The summed E-state index contributed by atoms with van der Waals surface area (Å²) >= 11 is 0. The SMILES string of the molecule is C=C(C(=O)O)c1ccc(-c2ccc(OCCCC(=O)NO)cc2)c(C23CC4CC(CC(C4)C2)C3)c1. The number of carbonyl (C=O) groups excluding carboxylic acids is 1. The van der Waals surface area contributed by atoms with Crippen LogP contribution in [-0.2, 0) is 15.0 Å². The standard InChI is InChI=1S/C29H33NO5/c1-18(28(32)33)23-6-9-25(22-4-7-24(8-5-22)35-10-2-3-27(31)30-34)26(14-23)29-15-19-11-20(16-29)13-21(12-19)17-29/h4-9,14,19-21,34H,1-3,10-13,15-17H2,(H,30,31)(H,32,33). The predicted octanol–water partition coefficient (Wildman–Crippen LogP) is 5.58. The zero-order valence-corrected chi connectivity index (χ0v) is 20.0. The zero-order chi connectivity index (χ0) is 24.6. The van der Waals surface area contributed by atoms with Crippen molar-refractivity contribution in [3.8, 4) is 16.9 Å². The van der Waals surface area contributed by atoms with Crippen molar-refractivity contribution >= 4 is 17.4 Å². The van der Waals surface area contributed by atoms with Crippen LogP contribution in [0, 0.1) is 17.8 Å². The third-order valence-corrected chi connectivity index (χ3v) is 8.34. The Morgan fingerprint density at radius 2 is 1.63 bits per heavy atom. The van der Waals surface area contributed by atoms with Crippen LogP contribution in [0.4, 0.5) is 0 Å². The van der Waals surface area contributed by atoms with E-state index in [0.717, 1.165) is 29.1 Å². The first-order valence-corrected chi connectivity index (χ1v) is 12.6. The van der Waals surface area contributed by atoms with E-state index in [1.165, 1.54) is 49.7 Å². The number of rotatable bonds is 9. The monoisotopic (exact) mass is 475 g/mol. The minimum atomic E-state index is -0.979. The van der Waals surface area contributed by atoms with Gasteiger partial charge in [0.25, 0.3) is 0 Å². The fourth-order valence-electron chi connectivity index (χ4n) is 7.20. The van der Waals surface area contributed by atoms with Crippen molar-refractivity contribution < 1.29 is 24.6 Å². The van der Waals surface area contributed by atoms with Crippen LogP contribution in [0.2, 0.25) is 0 Å². The lowest BCUT2D eigenvalue weighted by atomic mass is 9.47. The van der Waals surface area contributed by atoms with Crippen LogP contribution in [0.25, 0.3) is 16.7 Å². The normalized spacial score (nSPS) is 26.4. The number of ether oxygens (including phenoxy) is 1. The molecule has 6 rings (SSSR count). The Balaban J connectivity index is 1.43. The maximum atomic E-state index is 11.7. The van der Waals surface area contributed by atoms with Crippen LogP contribution in [0.5, 0.6) is 5.75 Å². The molecule has 35 heavy (non-hydrogen) atoms. The number of carboxylic acid groups (broad SMARTS) is 1. The molecule has 4 bridgehead atoms. The number of nitrogens with one attached hydrogen (secondary N) is 1. The smallest absolute Gasteiger partial charge is 0.335 e. The molecule has 0 radical (unpaired) electrons. The summed E-state index contributed by atoms with van der Waals surface area (Å²) in [6, 6.07) is 14.0. The van der Waals surface area contributed by atoms with Gasteiger partial charge in [-0.05, 0) is 109 Å². The number of carbonyl (C=O) groups is 2. The molecule has 4 saturated carbocycles. The average molecular weight is 476 g/mol. The van der Waals surface area contributed by atoms with Crippen LogP contribution >= 0.6 is 0 Å². The lowest BCUT2D eigenvalue weighted by molar-refractivity contribution is -0.130. The number of hydroxylamine groups is 1. The van der Waals surface area contributed by atoms with Gasteiger partial charge in [0.05, 0.1) is 12.2 Å². The molecule has 0 atom stereocenters. The van der Waals surface area contributed by atoms with E-state index in [9.17, 15) is 14.7 Å². The highest BCUT2D eigenvalue weighted by atomic mass is 16.5. The molecule has 2 aromatic rings. The Hall–Kier alpha value is -3.12. The third kappa shape index (κ3) is 4.72. The molecule has 4 aliphatic rings. The predicted molar refractivity (Wildman–Crippen MR) is 133 cm³/mol. The fraction of sp³-hybridized carbons (Fsp3) is 0.448. The van der Waals surface area contributed by atoms with Gasteiger partial charge in [0.1, 0.15) is 5.75 Å². The Morgan fingerprint density at radius 1 is 1.00 bits per heavy atom. The summed E-state index contributed by atoms with van der Waals surface area (Å²) in [5.41, 5.74) is 6.11. The first-order valence-electron chi connectivity index (χ1n) is 12.6. The van der Waals surface area contributed by atoms with Gasteiger partial charge in [0.2, 0.25) is 5.91 Å². The molecule has 6 nitrogen and oxygen atoms in total. The molecule has 0 heterocycles. The molecular formula is C29H33NO5. The number of aliphatic carboxylic acids is 1. The summed E-state index contributed by atoms with van der Waals surface area (Å²) in [6.45, 7) is 4.21. The van der Waals surface area contributed by atoms with Crippen molar-refractivity contribution in [2.75, 3.05) is 6.61 Å². The largest absolute Gasteiger partial charge is 0.494 e. The summed E-state index contributed by atoms with van der Waals surface area (Å²) in [5.74, 6) is 1.67. The third-order valence-electron chi connectivity index (χ3n) is 8.34. The van der Waals surface area contributed by atoms with Crippen LogP contribution < -0.4 is 10.2 Å². The van der Waals surface area contributed by atoms with E-state index in [1.807, 2.05) is 18.2 Å². The van der Waals surface area contributed by atoms with Crippen molar-refractivity contribution in [1.29, 1.82) is 0 Å². The van der Waals surface area contributed by atoms with Gasteiger partial charge in [0.15, 0.2) is 0 Å². The minimum absolute atomic E-state index is 0.112. The molecule has 0 saturated heterocycles. The lowest BCUT2D eigenvalue weighted by Crippen LogP contribution is -2.48. The lowest BCUT2D eigenvalue weighted by Gasteiger charge is -2.57. The molecule has 0 aliphatic heterocycles. The molecule has 2 aromatic carbocycles. The van der Waals surface area contributed by atoms with Crippen molar-refractivity contribution in [2.24, 2.45) is 17.8 Å². The molecule has 6 heteroatoms. The van der Waals surface area contributed by atoms with Gasteiger partial charge in [-0.2, -0.15) is 0 Å². The van der Waals surface area contributed by atoms with E-state index in [4.69, 9.17) is 9.94 Å². The van der Waals surface area contributed by atoms with Gasteiger partial charge in [0, 0.05) is 6.42 Å². The Kier molecular flexibility index (Phi) is 6.41. The van der Waals surface area contributed by atoms with E-state index in [-0.39, 0.29) is 17.4 Å². The molecule has 0 spiro atoms. The number of benzene rings is 2. The average Bonchev–Trinajstić information content (AvgIpc) is 2.85. The number of amides is 1. The van der Waals surface area contributed by atoms with Crippen LogP contribution in [0.15, 0.2) is 49.0 Å². The zero-order valence-electron chi connectivity index (χ0n) is 20.0. The number of hydrogen-bond acceptors (Lipinski definition) is 4. The molecular weight excluding hydrogens is 442 g/mol. The number of carboxylic acids is 1. The Bertz CT molecular complexity index is 1100. The molecule has 4 fully saturated rings. The van der Waals surface area contributed by atoms with Crippen LogP contribution in [0.3, 0.4) is 0 Å². The highest BCUT2D eigenvalue weighted by molar-refractivity contribution is 6.14. The van der Waals surface area contributed by atoms with E-state index in [1.54, 1.807) is 5.48 Å². The van der Waals surface area contributed by atoms with Gasteiger partial charge in [-0.3, -0.25) is 10.0 Å². The van der Waals surface area contributed by atoms with E-state index in [2.05, 4.69) is 30.8 Å². The molecule has 0 unspecified atom stereocenters. The molecule has 3 N–H and O–H groups in total. The highest BCUT2D eigenvalue weighted by Gasteiger charge is 2.52. The van der Waals surface area contributed by atoms with Crippen molar-refractivity contribution in [2.45, 2.75) is 56.8 Å². The first-order chi connectivity index (χ1) is 16.9. The van der Waals surface area contributed by atoms with Gasteiger partial charge < -0.3 is 9.84 Å². The van der Waals surface area contributed by atoms with Gasteiger partial charge in [-0.15, -0.1) is 0 Å². The van der Waals surface area contributed by atoms with E-state index < -0.39 is 11.9 Å². The van der Waals surface area contributed by atoms with Gasteiger partial charge in [-0.1, -0.05) is 30.8 Å². The second-order valence-corrected chi connectivity index (χ2v) is 10.8. The summed E-state index contributed by atoms with van der Waals surface area (Å²) in [5, 5.41) is 18.1. The minimum Gasteiger partial charge on any atom is -0.494 e. The van der Waals surface area contributed by atoms with E-state index in [0.29, 0.717) is 18.6 Å². The number of hydrogen-bond donors (Lipinski definition) is 3. The highest BCUT2D eigenvalue weighted by Crippen LogP contribution is 2.62. The maximum absolute atomic E-state index is 11.7. The molecule has 184 valence electrons. The van der Waals surface area contributed by atoms with E-state index >= 15 is 0 Å². The van der Waals surface area contributed by atoms with Crippen molar-refractivity contribution in [3.63, 3.8) is 0 Å². The van der Waals surface area contributed by atoms with Crippen LogP contribution in [-0.4, -0.2) is 28.8 Å². The van der Waals surface area contributed by atoms with Gasteiger partial charge in [-0.25, -0.2) is 10.3 Å². The summed E-state index contributed by atoms with van der Waals surface area (Å²) in [7, 11) is 0. The Labute approximate surface area is 206 Å². The van der Waals surface area contributed by atoms with Crippen molar-refractivity contribution in [3.05, 3.63) is 60.2 Å². The molecule has 0 aromatic heterocycles. The molecule has 1 amide bonds. The summed E-state index contributed by atoms with van der Waals surface area (Å²) < 4.78 is 5.76. The fourth-order valence-corrected chi connectivity index (χ4v) is 7.20. The molecule has 4 aliphatic carbocycles. The quantitative estimate of drug-likeness (QED) is 0.190. The van der Waals surface area contributed by atoms with Gasteiger partial charge >= 0.3 is 5.97 Å². The van der Waals surface area contributed by atoms with Crippen molar-refractivity contribution in [1.82, 2.24) is 5.48 Å². The van der Waals surface area contributed by atoms with Crippen LogP contribution in [0.1, 0.15) is 62.5 Å². The summed E-state index contributed by atoms with van der Waals surface area (Å²) in [4.78, 5) is 22.8. The summed E-state index contributed by atoms with van der Waals surface area (Å²) in [6.07, 6.45) is 8.34. The second kappa shape index (κ2) is 9.50. The second-order valence-electron chi connectivity index (χ2n) is 10.8. The topological polar surface area (TPSA) is 95.9 Å². The first kappa shape index (κ1) is 23.6. The maximum Gasteiger partial charge on any atom is 0.335 e. The Morgan fingerprint density at radius 3 is 2.20 bits per heavy atom.